The highest BCUT2D eigenvalue weighted by molar-refractivity contribution is 5.94. The van der Waals surface area contributed by atoms with Crippen molar-refractivity contribution in [1.29, 1.82) is 0 Å². The molecular weight excluding hydrogens is 196 g/mol. The van der Waals surface area contributed by atoms with Crippen LogP contribution >= 0.6 is 0 Å². The molecular formula is C9H12N4O2. The van der Waals surface area contributed by atoms with E-state index < -0.39 is 6.10 Å². The Hall–Kier alpha value is -1.82. The quantitative estimate of drug-likeness (QED) is 0.639. The Labute approximate surface area is 86.0 Å². The van der Waals surface area contributed by atoms with Crippen LogP contribution in [0.3, 0.4) is 0 Å². The van der Waals surface area contributed by atoms with Crippen molar-refractivity contribution in [3.63, 3.8) is 0 Å². The predicted molar refractivity (Wildman–Crippen MR) is 56.4 cm³/mol. The SMILES string of the molecule is CC(O)CNc1ccc(N)c2nonc12. The molecule has 0 fully saturated rings. The number of fused-ring (bicyclic) bond motifs is 1. The van der Waals surface area contributed by atoms with Crippen molar-refractivity contribution in [3.8, 4) is 0 Å². The summed E-state index contributed by atoms with van der Waals surface area (Å²) in [5, 5.41) is 19.6. The molecule has 80 valence electrons. The number of rotatable bonds is 3. The van der Waals surface area contributed by atoms with Gasteiger partial charge in [0.2, 0.25) is 0 Å². The van der Waals surface area contributed by atoms with Gasteiger partial charge < -0.3 is 16.2 Å². The zero-order valence-electron chi connectivity index (χ0n) is 8.27. The maximum atomic E-state index is 9.14. The van der Waals surface area contributed by atoms with Crippen LogP contribution in [-0.4, -0.2) is 28.1 Å². The van der Waals surface area contributed by atoms with Crippen molar-refractivity contribution in [2.24, 2.45) is 0 Å². The minimum Gasteiger partial charge on any atom is -0.397 e. The summed E-state index contributed by atoms with van der Waals surface area (Å²) in [6.07, 6.45) is -0.433. The Balaban J connectivity index is 2.35. The van der Waals surface area contributed by atoms with Crippen molar-refractivity contribution in [2.45, 2.75) is 13.0 Å². The zero-order chi connectivity index (χ0) is 10.8. The summed E-state index contributed by atoms with van der Waals surface area (Å²) in [4.78, 5) is 0. The lowest BCUT2D eigenvalue weighted by molar-refractivity contribution is 0.208. The highest BCUT2D eigenvalue weighted by Gasteiger charge is 2.09. The van der Waals surface area contributed by atoms with Gasteiger partial charge in [-0.05, 0) is 29.4 Å². The van der Waals surface area contributed by atoms with Gasteiger partial charge in [-0.3, -0.25) is 0 Å². The standard InChI is InChI=1S/C9H12N4O2/c1-5(14)4-11-7-3-2-6(10)8-9(7)13-15-12-8/h2-3,5,11,14H,4,10H2,1H3. The molecule has 2 rings (SSSR count). The maximum Gasteiger partial charge on any atom is 0.160 e. The maximum absolute atomic E-state index is 9.14. The Bertz CT molecular complexity index is 466. The number of anilines is 2. The number of hydrogen-bond acceptors (Lipinski definition) is 6. The Morgan fingerprint density at radius 2 is 2.20 bits per heavy atom. The zero-order valence-corrected chi connectivity index (χ0v) is 8.27. The number of benzene rings is 1. The Morgan fingerprint density at radius 3 is 2.93 bits per heavy atom. The van der Waals surface area contributed by atoms with Crippen LogP contribution < -0.4 is 11.1 Å². The van der Waals surface area contributed by atoms with Crippen molar-refractivity contribution in [3.05, 3.63) is 12.1 Å². The summed E-state index contributed by atoms with van der Waals surface area (Å²) < 4.78 is 4.61. The number of hydrogen-bond donors (Lipinski definition) is 3. The fourth-order valence-electron chi connectivity index (χ4n) is 1.29. The average Bonchev–Trinajstić information content (AvgIpc) is 2.66. The summed E-state index contributed by atoms with van der Waals surface area (Å²) in [7, 11) is 0. The van der Waals surface area contributed by atoms with Gasteiger partial charge in [-0.25, -0.2) is 4.63 Å². The molecule has 0 saturated heterocycles. The van der Waals surface area contributed by atoms with Gasteiger partial charge in [-0.2, -0.15) is 0 Å². The second-order valence-corrected chi connectivity index (χ2v) is 3.39. The highest BCUT2D eigenvalue weighted by Crippen LogP contribution is 2.24. The molecule has 0 radical (unpaired) electrons. The second-order valence-electron chi connectivity index (χ2n) is 3.39. The molecule has 15 heavy (non-hydrogen) atoms. The van der Waals surface area contributed by atoms with E-state index in [4.69, 9.17) is 10.8 Å². The van der Waals surface area contributed by atoms with Crippen LogP contribution in [0.25, 0.3) is 11.0 Å². The van der Waals surface area contributed by atoms with Gasteiger partial charge in [-0.15, -0.1) is 0 Å². The first-order valence-corrected chi connectivity index (χ1v) is 4.61. The molecule has 6 heteroatoms. The number of aliphatic hydroxyl groups is 1. The molecule has 1 heterocycles. The number of nitrogens with zero attached hydrogens (tertiary/aromatic N) is 2. The van der Waals surface area contributed by atoms with Crippen molar-refractivity contribution in [2.75, 3.05) is 17.6 Å². The van der Waals surface area contributed by atoms with E-state index in [1.807, 2.05) is 0 Å². The predicted octanol–water partition coefficient (Wildman–Crippen LogP) is 0.598. The normalized spacial score (nSPS) is 12.9. The second kappa shape index (κ2) is 3.74. The molecule has 0 aliphatic rings. The van der Waals surface area contributed by atoms with Gasteiger partial charge in [-0.1, -0.05) is 0 Å². The lowest BCUT2D eigenvalue weighted by Gasteiger charge is -2.08. The summed E-state index contributed by atoms with van der Waals surface area (Å²) in [5.41, 5.74) is 8.07. The van der Waals surface area contributed by atoms with Gasteiger partial charge >= 0.3 is 0 Å². The molecule has 0 aliphatic heterocycles. The molecule has 0 aliphatic carbocycles. The Morgan fingerprint density at radius 1 is 1.47 bits per heavy atom. The monoisotopic (exact) mass is 208 g/mol. The van der Waals surface area contributed by atoms with E-state index in [0.29, 0.717) is 23.3 Å². The lowest BCUT2D eigenvalue weighted by atomic mass is 10.2. The van der Waals surface area contributed by atoms with Gasteiger partial charge in [0.1, 0.15) is 0 Å². The third kappa shape index (κ3) is 1.84. The average molecular weight is 208 g/mol. The molecule has 6 nitrogen and oxygen atoms in total. The third-order valence-electron chi connectivity index (χ3n) is 2.03. The third-order valence-corrected chi connectivity index (χ3v) is 2.03. The van der Waals surface area contributed by atoms with Gasteiger partial charge in [0.05, 0.1) is 17.5 Å². The number of nitrogens with two attached hydrogens (primary N) is 1. The number of aliphatic hydroxyl groups excluding tert-OH is 1. The van der Waals surface area contributed by atoms with Crippen molar-refractivity contribution >= 4 is 22.4 Å². The van der Waals surface area contributed by atoms with Crippen LogP contribution in [0.15, 0.2) is 16.8 Å². The van der Waals surface area contributed by atoms with E-state index in [1.165, 1.54) is 0 Å². The molecule has 1 aromatic heterocycles. The summed E-state index contributed by atoms with van der Waals surface area (Å²) in [6, 6.07) is 3.50. The van der Waals surface area contributed by atoms with Gasteiger partial charge in [0, 0.05) is 6.54 Å². The fraction of sp³-hybridized carbons (Fsp3) is 0.333. The smallest absolute Gasteiger partial charge is 0.160 e. The van der Waals surface area contributed by atoms with E-state index in [0.717, 1.165) is 5.69 Å². The molecule has 0 amide bonds. The molecule has 4 N–H and O–H groups in total. The van der Waals surface area contributed by atoms with E-state index in [-0.39, 0.29) is 0 Å². The molecule has 2 aromatic rings. The van der Waals surface area contributed by atoms with Gasteiger partial charge in [0.15, 0.2) is 11.0 Å². The van der Waals surface area contributed by atoms with E-state index in [2.05, 4.69) is 20.3 Å². The number of nitrogen functional groups attached to an aromatic ring is 1. The first-order chi connectivity index (χ1) is 7.18. The van der Waals surface area contributed by atoms with E-state index in [9.17, 15) is 0 Å². The summed E-state index contributed by atoms with van der Waals surface area (Å²) in [6.45, 7) is 2.13. The Kier molecular flexibility index (Phi) is 2.42. The van der Waals surface area contributed by atoms with Crippen LogP contribution in [0.1, 0.15) is 6.92 Å². The molecule has 1 unspecified atom stereocenters. The summed E-state index contributed by atoms with van der Waals surface area (Å²) in [5.74, 6) is 0. The molecule has 1 atom stereocenters. The van der Waals surface area contributed by atoms with Crippen molar-refractivity contribution in [1.82, 2.24) is 10.3 Å². The summed E-state index contributed by atoms with van der Waals surface area (Å²) >= 11 is 0. The van der Waals surface area contributed by atoms with Crippen LogP contribution in [0.2, 0.25) is 0 Å². The highest BCUT2D eigenvalue weighted by atomic mass is 16.6. The first-order valence-electron chi connectivity index (χ1n) is 4.61. The molecule has 0 saturated carbocycles. The van der Waals surface area contributed by atoms with E-state index >= 15 is 0 Å². The van der Waals surface area contributed by atoms with Crippen LogP contribution in [0.5, 0.6) is 0 Å². The van der Waals surface area contributed by atoms with Crippen molar-refractivity contribution < 1.29 is 9.74 Å². The first kappa shape index (κ1) is 9.72. The van der Waals surface area contributed by atoms with Gasteiger partial charge in [0.25, 0.3) is 0 Å². The topological polar surface area (TPSA) is 97.2 Å². The molecule has 1 aromatic carbocycles. The van der Waals surface area contributed by atoms with Crippen LogP contribution in [0.4, 0.5) is 11.4 Å². The molecule has 0 bridgehead atoms. The van der Waals surface area contributed by atoms with Crippen LogP contribution in [-0.2, 0) is 0 Å². The number of aromatic nitrogens is 2. The fourth-order valence-corrected chi connectivity index (χ4v) is 1.29. The largest absolute Gasteiger partial charge is 0.397 e. The lowest BCUT2D eigenvalue weighted by Crippen LogP contribution is -2.15. The number of nitrogens with one attached hydrogen (secondary N) is 1. The van der Waals surface area contributed by atoms with E-state index in [1.54, 1.807) is 19.1 Å². The van der Waals surface area contributed by atoms with Crippen LogP contribution in [0, 0.1) is 0 Å². The molecule has 0 spiro atoms. The minimum absolute atomic E-state index is 0.433. The minimum atomic E-state index is -0.433.